The van der Waals surface area contributed by atoms with Crippen LogP contribution >= 0.6 is 11.3 Å². The molecule has 4 atom stereocenters. The third kappa shape index (κ3) is 3.91. The van der Waals surface area contributed by atoms with Gasteiger partial charge in [-0.2, -0.15) is 8.78 Å². The maximum Gasteiger partial charge on any atom is 0.296 e. The molecule has 2 aromatic heterocycles. The first-order chi connectivity index (χ1) is 14.6. The average molecular weight is 455 g/mol. The monoisotopic (exact) mass is 454 g/mol. The van der Waals surface area contributed by atoms with Gasteiger partial charge in [0.15, 0.2) is 10.8 Å². The number of nitrogens with one attached hydrogen (secondary N) is 1. The standard InChI is InChI=1S/C21H32F2N6OS/c1-6-30-10-9-29-17(26-27-28-29)16(14-12-24-18(31-14)21(5,22)23)25-15-11-13-7-8-20(15,4)19(13,2)3/h12-13,15-16,25H,6-11H2,1-5H3/t13-,15-,16?,20+/m1/s1. The van der Waals surface area contributed by atoms with E-state index in [9.17, 15) is 8.78 Å². The molecule has 2 aromatic rings. The normalized spacial score (nSPS) is 28.4. The molecule has 0 aromatic carbocycles. The number of fused-ring (bicyclic) bond motifs is 2. The van der Waals surface area contributed by atoms with Crippen LogP contribution in [0.3, 0.4) is 0 Å². The maximum absolute atomic E-state index is 13.9. The van der Waals surface area contributed by atoms with Crippen LogP contribution in [-0.2, 0) is 17.2 Å². The van der Waals surface area contributed by atoms with Crippen molar-refractivity contribution in [1.29, 1.82) is 0 Å². The van der Waals surface area contributed by atoms with Gasteiger partial charge in [-0.25, -0.2) is 9.67 Å². The molecular formula is C21H32F2N6OS. The molecule has 172 valence electrons. The zero-order valence-electron chi connectivity index (χ0n) is 18.9. The topological polar surface area (TPSA) is 77.8 Å². The van der Waals surface area contributed by atoms with E-state index in [0.717, 1.165) is 31.1 Å². The number of halogens is 2. The fourth-order valence-corrected chi connectivity index (χ4v) is 6.34. The summed E-state index contributed by atoms with van der Waals surface area (Å²) in [5.74, 6) is -1.71. The van der Waals surface area contributed by atoms with Gasteiger partial charge in [0.2, 0.25) is 0 Å². The first-order valence-electron chi connectivity index (χ1n) is 11.0. The summed E-state index contributed by atoms with van der Waals surface area (Å²) < 4.78 is 35.0. The van der Waals surface area contributed by atoms with Crippen LogP contribution in [0, 0.1) is 16.7 Å². The van der Waals surface area contributed by atoms with Crippen molar-refractivity contribution in [3.63, 3.8) is 0 Å². The van der Waals surface area contributed by atoms with Gasteiger partial charge in [0.1, 0.15) is 6.04 Å². The Morgan fingerprint density at radius 3 is 2.74 bits per heavy atom. The van der Waals surface area contributed by atoms with Gasteiger partial charge in [-0.15, -0.1) is 16.4 Å². The minimum absolute atomic E-state index is 0.127. The van der Waals surface area contributed by atoms with Crippen LogP contribution in [0.5, 0.6) is 0 Å². The molecule has 7 nitrogen and oxygen atoms in total. The van der Waals surface area contributed by atoms with Gasteiger partial charge in [-0.05, 0) is 53.4 Å². The summed E-state index contributed by atoms with van der Waals surface area (Å²) in [5, 5.41) is 15.9. The molecule has 2 saturated carbocycles. The minimum atomic E-state index is -2.98. The summed E-state index contributed by atoms with van der Waals surface area (Å²) in [6.07, 6.45) is 5.00. The predicted molar refractivity (Wildman–Crippen MR) is 114 cm³/mol. The Morgan fingerprint density at radius 1 is 1.39 bits per heavy atom. The lowest BCUT2D eigenvalue weighted by Crippen LogP contribution is -2.46. The zero-order chi connectivity index (χ0) is 22.4. The van der Waals surface area contributed by atoms with Crippen molar-refractivity contribution in [2.75, 3.05) is 13.2 Å². The van der Waals surface area contributed by atoms with Crippen molar-refractivity contribution in [3.8, 4) is 0 Å². The lowest BCUT2D eigenvalue weighted by atomic mass is 9.69. The first-order valence-corrected chi connectivity index (χ1v) is 11.8. The maximum atomic E-state index is 13.9. The van der Waals surface area contributed by atoms with Crippen molar-refractivity contribution in [1.82, 2.24) is 30.5 Å². The first kappa shape index (κ1) is 22.7. The number of rotatable bonds is 9. The number of aromatic nitrogens is 5. The van der Waals surface area contributed by atoms with Crippen molar-refractivity contribution in [3.05, 3.63) is 21.9 Å². The van der Waals surface area contributed by atoms with Crippen LogP contribution < -0.4 is 5.32 Å². The van der Waals surface area contributed by atoms with E-state index in [4.69, 9.17) is 4.74 Å². The van der Waals surface area contributed by atoms with Gasteiger partial charge >= 0.3 is 0 Å². The molecule has 2 bridgehead atoms. The fraction of sp³-hybridized carbons (Fsp3) is 0.810. The molecule has 0 spiro atoms. The second kappa shape index (κ2) is 8.12. The highest BCUT2D eigenvalue weighted by molar-refractivity contribution is 7.11. The molecule has 2 aliphatic rings. The Morgan fingerprint density at radius 2 is 2.16 bits per heavy atom. The summed E-state index contributed by atoms with van der Waals surface area (Å²) >= 11 is 1.02. The van der Waals surface area contributed by atoms with Gasteiger partial charge in [0.25, 0.3) is 5.92 Å². The highest BCUT2D eigenvalue weighted by Crippen LogP contribution is 2.65. The van der Waals surface area contributed by atoms with E-state index in [0.29, 0.717) is 36.4 Å². The molecule has 31 heavy (non-hydrogen) atoms. The summed E-state index contributed by atoms with van der Waals surface area (Å²) in [4.78, 5) is 4.72. The van der Waals surface area contributed by atoms with Gasteiger partial charge in [0, 0.05) is 30.6 Å². The Labute approximate surface area is 186 Å². The highest BCUT2D eigenvalue weighted by Gasteiger charge is 2.61. The van der Waals surface area contributed by atoms with Crippen LogP contribution in [0.15, 0.2) is 6.20 Å². The number of nitrogens with zero attached hydrogens (tertiary/aromatic N) is 5. The molecule has 2 aliphatic carbocycles. The smallest absolute Gasteiger partial charge is 0.296 e. The quantitative estimate of drug-likeness (QED) is 0.573. The third-order valence-electron chi connectivity index (χ3n) is 7.81. The highest BCUT2D eigenvalue weighted by atomic mass is 32.1. The van der Waals surface area contributed by atoms with E-state index >= 15 is 0 Å². The van der Waals surface area contributed by atoms with Crippen LogP contribution in [0.2, 0.25) is 0 Å². The summed E-state index contributed by atoms with van der Waals surface area (Å²) in [6.45, 7) is 11.5. The molecule has 0 radical (unpaired) electrons. The van der Waals surface area contributed by atoms with E-state index < -0.39 is 12.0 Å². The lowest BCUT2D eigenvalue weighted by molar-refractivity contribution is 0.0172. The van der Waals surface area contributed by atoms with Gasteiger partial charge in [-0.3, -0.25) is 5.32 Å². The van der Waals surface area contributed by atoms with Crippen molar-refractivity contribution < 1.29 is 13.5 Å². The third-order valence-corrected chi connectivity index (χ3v) is 9.05. The molecule has 10 heteroatoms. The number of tetrazole rings is 1. The molecule has 0 aliphatic heterocycles. The number of ether oxygens (including phenoxy) is 1. The van der Waals surface area contributed by atoms with E-state index in [1.165, 1.54) is 12.6 Å². The van der Waals surface area contributed by atoms with Gasteiger partial charge < -0.3 is 4.74 Å². The Balaban J connectivity index is 1.66. The number of hydrogen-bond donors (Lipinski definition) is 1. The Hall–Kier alpha value is -1.52. The molecule has 2 heterocycles. The number of hydrogen-bond acceptors (Lipinski definition) is 7. The number of alkyl halides is 2. The van der Waals surface area contributed by atoms with E-state index in [1.54, 1.807) is 4.68 Å². The van der Waals surface area contributed by atoms with Crippen LogP contribution in [0.1, 0.15) is 75.6 Å². The van der Waals surface area contributed by atoms with Gasteiger partial charge in [0.05, 0.1) is 13.2 Å². The van der Waals surface area contributed by atoms with Crippen molar-refractivity contribution >= 4 is 11.3 Å². The van der Waals surface area contributed by atoms with Crippen LogP contribution in [0.4, 0.5) is 8.78 Å². The van der Waals surface area contributed by atoms with Crippen molar-refractivity contribution in [2.24, 2.45) is 16.7 Å². The largest absolute Gasteiger partial charge is 0.380 e. The molecule has 4 rings (SSSR count). The minimum Gasteiger partial charge on any atom is -0.380 e. The second-order valence-corrected chi connectivity index (χ2v) is 10.7. The predicted octanol–water partition coefficient (Wildman–Crippen LogP) is 4.17. The summed E-state index contributed by atoms with van der Waals surface area (Å²) in [6, 6.07) is -0.154. The molecule has 0 saturated heterocycles. The van der Waals surface area contributed by atoms with Crippen LogP contribution in [-0.4, -0.2) is 44.4 Å². The molecule has 2 fully saturated rings. The lowest BCUT2D eigenvalue weighted by Gasteiger charge is -2.40. The van der Waals surface area contributed by atoms with E-state index in [-0.39, 0.29) is 21.9 Å². The number of thiazole rings is 1. The molecule has 1 unspecified atom stereocenters. The summed E-state index contributed by atoms with van der Waals surface area (Å²) in [7, 11) is 0. The van der Waals surface area contributed by atoms with E-state index in [1.807, 2.05) is 6.92 Å². The Bertz CT molecular complexity index is 910. The average Bonchev–Trinajstić information content (AvgIpc) is 3.43. The fourth-order valence-electron chi connectivity index (χ4n) is 5.44. The molecule has 1 N–H and O–H groups in total. The summed E-state index contributed by atoms with van der Waals surface area (Å²) in [5.41, 5.74) is 0.354. The SMILES string of the molecule is CCOCCn1nnnc1C(N[C@@H]1C[C@H]2CC[C@]1(C)C2(C)C)c1cnc(C(C)(F)F)s1. The zero-order valence-corrected chi connectivity index (χ0v) is 19.7. The van der Waals surface area contributed by atoms with E-state index in [2.05, 4.69) is 46.6 Å². The van der Waals surface area contributed by atoms with Gasteiger partial charge in [-0.1, -0.05) is 20.8 Å². The second-order valence-electron chi connectivity index (χ2n) is 9.68. The van der Waals surface area contributed by atoms with Crippen molar-refractivity contribution in [2.45, 2.75) is 78.4 Å². The molecular weight excluding hydrogens is 422 g/mol. The Kier molecular flexibility index (Phi) is 5.93. The van der Waals surface area contributed by atoms with Crippen LogP contribution in [0.25, 0.3) is 0 Å². The molecule has 0 amide bonds.